The van der Waals surface area contributed by atoms with Crippen LogP contribution in [0.25, 0.3) is 0 Å². The van der Waals surface area contributed by atoms with E-state index in [0.29, 0.717) is 0 Å². The average Bonchev–Trinajstić information content (AvgIpc) is 2.64. The first-order valence-electron chi connectivity index (χ1n) is 7.11. The summed E-state index contributed by atoms with van der Waals surface area (Å²) < 4.78 is 6.30. The van der Waals surface area contributed by atoms with Crippen LogP contribution >= 0.6 is 0 Å². The summed E-state index contributed by atoms with van der Waals surface area (Å²) in [6, 6.07) is 5.83. The van der Waals surface area contributed by atoms with Crippen molar-refractivity contribution in [2.45, 2.75) is 38.7 Å². The Kier molecular flexibility index (Phi) is 3.09. The monoisotopic (exact) mass is 259 g/mol. The van der Waals surface area contributed by atoms with E-state index in [-0.39, 0.29) is 11.4 Å². The molecule has 2 unspecified atom stereocenters. The van der Waals surface area contributed by atoms with Crippen LogP contribution in [0.1, 0.15) is 42.1 Å². The summed E-state index contributed by atoms with van der Waals surface area (Å²) in [5, 5.41) is 0. The van der Waals surface area contributed by atoms with Crippen LogP contribution in [0.2, 0.25) is 0 Å². The minimum atomic E-state index is 0.0163. The van der Waals surface area contributed by atoms with Crippen molar-refractivity contribution >= 4 is 5.78 Å². The van der Waals surface area contributed by atoms with E-state index in [1.165, 1.54) is 13.0 Å². The van der Waals surface area contributed by atoms with E-state index < -0.39 is 0 Å². The first-order chi connectivity index (χ1) is 9.08. The Labute approximate surface area is 114 Å². The number of ketones is 1. The molecule has 0 saturated carbocycles. The second-order valence-electron chi connectivity index (χ2n) is 5.95. The van der Waals surface area contributed by atoms with Crippen molar-refractivity contribution in [3.8, 4) is 5.75 Å². The number of rotatable bonds is 3. The van der Waals surface area contributed by atoms with Crippen LogP contribution in [-0.2, 0) is 0 Å². The van der Waals surface area contributed by atoms with Gasteiger partial charge >= 0.3 is 0 Å². The largest absolute Gasteiger partial charge is 0.486 e. The molecular weight excluding hydrogens is 238 g/mol. The zero-order valence-corrected chi connectivity index (χ0v) is 11.7. The average molecular weight is 259 g/mol. The molecule has 2 atom stereocenters. The van der Waals surface area contributed by atoms with Gasteiger partial charge in [-0.3, -0.25) is 9.69 Å². The number of carbonyl (C=O) groups is 1. The maximum Gasteiger partial charge on any atom is 0.160 e. The van der Waals surface area contributed by atoms with Gasteiger partial charge in [-0.2, -0.15) is 0 Å². The first kappa shape index (κ1) is 12.7. The zero-order chi connectivity index (χ0) is 13.5. The molecule has 0 radical (unpaired) electrons. The molecule has 102 valence electrons. The van der Waals surface area contributed by atoms with E-state index in [4.69, 9.17) is 4.74 Å². The van der Waals surface area contributed by atoms with Crippen molar-refractivity contribution in [2.24, 2.45) is 0 Å². The van der Waals surface area contributed by atoms with Gasteiger partial charge < -0.3 is 4.74 Å². The van der Waals surface area contributed by atoms with Crippen molar-refractivity contribution in [1.82, 2.24) is 4.90 Å². The summed E-state index contributed by atoms with van der Waals surface area (Å²) >= 11 is 0. The van der Waals surface area contributed by atoms with Crippen LogP contribution < -0.4 is 4.74 Å². The number of benzene rings is 1. The number of hydrogen-bond acceptors (Lipinski definition) is 3. The van der Waals surface area contributed by atoms with Crippen molar-refractivity contribution in [1.29, 1.82) is 0 Å². The maximum atomic E-state index is 11.4. The lowest BCUT2D eigenvalue weighted by Crippen LogP contribution is -2.43. The number of ether oxygens (including phenoxy) is 1. The van der Waals surface area contributed by atoms with Crippen molar-refractivity contribution < 1.29 is 9.53 Å². The molecular formula is C16H21NO2. The van der Waals surface area contributed by atoms with Gasteiger partial charge in [0.2, 0.25) is 0 Å². The van der Waals surface area contributed by atoms with E-state index >= 15 is 0 Å². The van der Waals surface area contributed by atoms with Gasteiger partial charge in [-0.15, -0.1) is 0 Å². The van der Waals surface area contributed by atoms with Gasteiger partial charge in [0, 0.05) is 25.1 Å². The fourth-order valence-electron chi connectivity index (χ4n) is 3.43. The number of hydrogen-bond donors (Lipinski definition) is 0. The Hall–Kier alpha value is -1.35. The minimum absolute atomic E-state index is 0.0163. The van der Waals surface area contributed by atoms with Crippen LogP contribution in [0.3, 0.4) is 0 Å². The van der Waals surface area contributed by atoms with Crippen molar-refractivity contribution in [3.63, 3.8) is 0 Å². The van der Waals surface area contributed by atoms with Crippen LogP contribution in [0.4, 0.5) is 0 Å². The van der Waals surface area contributed by atoms with Crippen LogP contribution in [-0.4, -0.2) is 35.9 Å². The number of fused-ring (bicyclic) bond motifs is 2. The molecule has 1 aromatic carbocycles. The smallest absolute Gasteiger partial charge is 0.160 e. The van der Waals surface area contributed by atoms with Gasteiger partial charge in [0.15, 0.2) is 5.78 Å². The minimum Gasteiger partial charge on any atom is -0.486 e. The summed E-state index contributed by atoms with van der Waals surface area (Å²) in [6.07, 6.45) is 3.50. The second-order valence-corrected chi connectivity index (χ2v) is 5.95. The molecule has 0 aliphatic carbocycles. The Morgan fingerprint density at radius 1 is 1.32 bits per heavy atom. The molecule has 2 saturated heterocycles. The SMILES string of the molecule is CC(=O)c1ccc(OC23CCCN(CC2)C3)cc1C. The molecule has 2 aliphatic heterocycles. The Morgan fingerprint density at radius 2 is 2.16 bits per heavy atom. The number of piperidine rings is 1. The molecule has 0 N–H and O–H groups in total. The highest BCUT2D eigenvalue weighted by Crippen LogP contribution is 2.36. The summed E-state index contributed by atoms with van der Waals surface area (Å²) in [7, 11) is 0. The third-order valence-corrected chi connectivity index (χ3v) is 4.41. The zero-order valence-electron chi connectivity index (χ0n) is 11.7. The number of carbonyl (C=O) groups excluding carboxylic acids is 1. The van der Waals surface area contributed by atoms with E-state index in [9.17, 15) is 4.79 Å². The normalized spacial score (nSPS) is 29.3. The van der Waals surface area contributed by atoms with Gasteiger partial charge in [-0.05, 0) is 57.0 Å². The number of nitrogens with zero attached hydrogens (tertiary/aromatic N) is 1. The molecule has 2 bridgehead atoms. The van der Waals surface area contributed by atoms with Crippen LogP contribution in [0.15, 0.2) is 18.2 Å². The molecule has 1 aromatic rings. The Balaban J connectivity index is 1.80. The third-order valence-electron chi connectivity index (χ3n) is 4.41. The molecule has 2 heterocycles. The Morgan fingerprint density at radius 3 is 2.89 bits per heavy atom. The molecule has 19 heavy (non-hydrogen) atoms. The first-order valence-corrected chi connectivity index (χ1v) is 7.11. The van der Waals surface area contributed by atoms with E-state index in [2.05, 4.69) is 4.90 Å². The maximum absolute atomic E-state index is 11.4. The summed E-state index contributed by atoms with van der Waals surface area (Å²) in [5.41, 5.74) is 1.82. The van der Waals surface area contributed by atoms with E-state index in [0.717, 1.165) is 42.8 Å². The highest BCUT2D eigenvalue weighted by atomic mass is 16.5. The number of Topliss-reactive ketones (excluding diaryl/α,β-unsaturated/α-hetero) is 1. The third kappa shape index (κ3) is 2.39. The van der Waals surface area contributed by atoms with Gasteiger partial charge in [0.25, 0.3) is 0 Å². The quantitative estimate of drug-likeness (QED) is 0.782. The van der Waals surface area contributed by atoms with Crippen molar-refractivity contribution in [3.05, 3.63) is 29.3 Å². The predicted molar refractivity (Wildman–Crippen MR) is 74.8 cm³/mol. The van der Waals surface area contributed by atoms with Gasteiger partial charge in [0.05, 0.1) is 0 Å². The predicted octanol–water partition coefficient (Wildman–Crippen LogP) is 2.81. The lowest BCUT2D eigenvalue weighted by Gasteiger charge is -2.34. The van der Waals surface area contributed by atoms with Crippen molar-refractivity contribution in [2.75, 3.05) is 19.6 Å². The number of aryl methyl sites for hydroxylation is 1. The fourth-order valence-corrected chi connectivity index (χ4v) is 3.43. The molecule has 3 nitrogen and oxygen atoms in total. The summed E-state index contributed by atoms with van der Waals surface area (Å²) in [4.78, 5) is 13.9. The van der Waals surface area contributed by atoms with E-state index in [1.807, 2.05) is 25.1 Å². The van der Waals surface area contributed by atoms with Crippen LogP contribution in [0, 0.1) is 6.92 Å². The molecule has 0 aromatic heterocycles. The standard InChI is InChI=1S/C16H21NO2/c1-12-10-14(4-5-15(12)13(2)18)19-16-6-3-8-17(11-16)9-7-16/h4-5,10H,3,6-9,11H2,1-2H3. The van der Waals surface area contributed by atoms with Gasteiger partial charge in [0.1, 0.15) is 11.4 Å². The van der Waals surface area contributed by atoms with E-state index in [1.54, 1.807) is 6.92 Å². The molecule has 0 amide bonds. The highest BCUT2D eigenvalue weighted by Gasteiger charge is 2.42. The molecule has 2 aliphatic rings. The lowest BCUT2D eigenvalue weighted by molar-refractivity contribution is 0.0452. The molecule has 3 rings (SSSR count). The second kappa shape index (κ2) is 4.64. The molecule has 0 spiro atoms. The van der Waals surface area contributed by atoms with Gasteiger partial charge in [-0.25, -0.2) is 0 Å². The molecule has 3 heteroatoms. The lowest BCUT2D eigenvalue weighted by atomic mass is 9.94. The fraction of sp³-hybridized carbons (Fsp3) is 0.562. The summed E-state index contributed by atoms with van der Waals surface area (Å²) in [6.45, 7) is 7.01. The Bertz CT molecular complexity index is 507. The van der Waals surface area contributed by atoms with Crippen LogP contribution in [0.5, 0.6) is 5.75 Å². The van der Waals surface area contributed by atoms with Gasteiger partial charge in [-0.1, -0.05) is 0 Å². The topological polar surface area (TPSA) is 29.5 Å². The highest BCUT2D eigenvalue weighted by molar-refractivity contribution is 5.95. The summed E-state index contributed by atoms with van der Waals surface area (Å²) in [5.74, 6) is 1.03. The molecule has 2 fully saturated rings.